The van der Waals surface area contributed by atoms with Crippen molar-refractivity contribution in [1.29, 1.82) is 0 Å². The van der Waals surface area contributed by atoms with Crippen molar-refractivity contribution < 1.29 is 8.78 Å². The number of hydrogen-bond donors (Lipinski definition) is 1. The van der Waals surface area contributed by atoms with Gasteiger partial charge in [0.25, 0.3) is 0 Å². The van der Waals surface area contributed by atoms with Crippen LogP contribution in [0, 0.1) is 11.6 Å². The highest BCUT2D eigenvalue weighted by atomic mass is 127. The van der Waals surface area contributed by atoms with E-state index < -0.39 is 5.82 Å². The summed E-state index contributed by atoms with van der Waals surface area (Å²) >= 11 is 1.88. The molecule has 0 amide bonds. The molecule has 0 heterocycles. The molecule has 0 aliphatic rings. The molecule has 0 bridgehead atoms. The minimum atomic E-state index is -0.409. The van der Waals surface area contributed by atoms with Crippen molar-refractivity contribution in [2.75, 3.05) is 0 Å². The summed E-state index contributed by atoms with van der Waals surface area (Å²) in [5, 5.41) is 0. The Labute approximate surface area is 77.3 Å². The van der Waals surface area contributed by atoms with E-state index in [-0.39, 0.29) is 5.82 Å². The summed E-state index contributed by atoms with van der Waals surface area (Å²) in [6.45, 7) is 0.337. The van der Waals surface area contributed by atoms with Crippen molar-refractivity contribution in [2.45, 2.75) is 6.54 Å². The second kappa shape index (κ2) is 3.96. The Kier molecular flexibility index (Phi) is 3.19. The van der Waals surface area contributed by atoms with Crippen molar-refractivity contribution in [3.8, 4) is 0 Å². The fourth-order valence-electron chi connectivity index (χ4n) is 0.751. The molecule has 1 aromatic rings. The average molecular weight is 269 g/mol. The molecule has 4 heteroatoms. The normalized spacial score (nSPS) is 10.1. The Morgan fingerprint density at radius 2 is 2.09 bits per heavy atom. The van der Waals surface area contributed by atoms with E-state index >= 15 is 0 Å². The van der Waals surface area contributed by atoms with E-state index in [1.54, 1.807) is 0 Å². The van der Waals surface area contributed by atoms with Crippen LogP contribution >= 0.6 is 22.9 Å². The number of hydrogen-bond acceptors (Lipinski definition) is 1. The number of halogens is 3. The van der Waals surface area contributed by atoms with Crippen LogP contribution in [0.5, 0.6) is 0 Å². The highest BCUT2D eigenvalue weighted by Crippen LogP contribution is 2.09. The lowest BCUT2D eigenvalue weighted by atomic mass is 10.2. The van der Waals surface area contributed by atoms with Gasteiger partial charge < -0.3 is 0 Å². The van der Waals surface area contributed by atoms with Gasteiger partial charge in [-0.2, -0.15) is 0 Å². The second-order valence-corrected chi connectivity index (χ2v) is 2.81. The maximum atomic E-state index is 12.7. The van der Waals surface area contributed by atoms with E-state index in [2.05, 4.69) is 3.53 Å². The lowest BCUT2D eigenvalue weighted by Gasteiger charge is -1.99. The molecule has 60 valence electrons. The zero-order valence-electron chi connectivity index (χ0n) is 5.57. The van der Waals surface area contributed by atoms with Gasteiger partial charge in [-0.25, -0.2) is 8.78 Å². The van der Waals surface area contributed by atoms with Gasteiger partial charge in [-0.3, -0.25) is 3.53 Å². The molecular weight excluding hydrogens is 263 g/mol. The average Bonchev–Trinajstić information content (AvgIpc) is 1.98. The van der Waals surface area contributed by atoms with Crippen molar-refractivity contribution in [1.82, 2.24) is 3.53 Å². The van der Waals surface area contributed by atoms with Gasteiger partial charge in [0.05, 0.1) is 0 Å². The maximum absolute atomic E-state index is 12.7. The van der Waals surface area contributed by atoms with E-state index in [1.165, 1.54) is 6.07 Å². The van der Waals surface area contributed by atoms with E-state index in [4.69, 9.17) is 0 Å². The summed E-state index contributed by atoms with van der Waals surface area (Å²) in [5.41, 5.74) is 0.347. The zero-order chi connectivity index (χ0) is 8.27. The van der Waals surface area contributed by atoms with E-state index in [0.29, 0.717) is 12.1 Å². The molecule has 0 saturated carbocycles. The lowest BCUT2D eigenvalue weighted by Crippen LogP contribution is -2.00. The van der Waals surface area contributed by atoms with Crippen molar-refractivity contribution in [3.05, 3.63) is 35.4 Å². The lowest BCUT2D eigenvalue weighted by molar-refractivity contribution is 0.584. The maximum Gasteiger partial charge on any atom is 0.127 e. The first kappa shape index (κ1) is 8.86. The van der Waals surface area contributed by atoms with Gasteiger partial charge >= 0.3 is 0 Å². The van der Waals surface area contributed by atoms with Crippen molar-refractivity contribution >= 4 is 22.9 Å². The molecule has 0 saturated heterocycles. The Morgan fingerprint density at radius 1 is 1.36 bits per heavy atom. The third-order valence-electron chi connectivity index (χ3n) is 1.27. The number of nitrogens with one attached hydrogen (secondary N) is 1. The summed E-state index contributed by atoms with van der Waals surface area (Å²) in [6.07, 6.45) is 0. The predicted octanol–water partition coefficient (Wildman–Crippen LogP) is 2.40. The largest absolute Gasteiger partial charge is 0.257 e. The molecule has 0 spiro atoms. The molecular formula is C7H6F2IN. The second-order valence-electron chi connectivity index (χ2n) is 2.05. The predicted molar refractivity (Wildman–Crippen MR) is 47.2 cm³/mol. The minimum absolute atomic E-state index is 0.337. The molecule has 0 aliphatic heterocycles. The molecule has 0 radical (unpaired) electrons. The fraction of sp³-hybridized carbons (Fsp3) is 0.143. The Bertz CT molecular complexity index is 252. The summed E-state index contributed by atoms with van der Waals surface area (Å²) in [6, 6.07) is 3.41. The van der Waals surface area contributed by atoms with Crippen LogP contribution in [0.2, 0.25) is 0 Å². The first-order chi connectivity index (χ1) is 5.24. The molecule has 0 fully saturated rings. The van der Waals surface area contributed by atoms with E-state index in [9.17, 15) is 8.78 Å². The molecule has 0 aromatic heterocycles. The summed E-state index contributed by atoms with van der Waals surface area (Å²) in [4.78, 5) is 0. The van der Waals surface area contributed by atoms with Gasteiger partial charge in [0.2, 0.25) is 0 Å². The van der Waals surface area contributed by atoms with Gasteiger partial charge in [0.1, 0.15) is 11.6 Å². The highest BCUT2D eigenvalue weighted by Gasteiger charge is 2.01. The van der Waals surface area contributed by atoms with Crippen molar-refractivity contribution in [2.24, 2.45) is 0 Å². The molecule has 0 unspecified atom stereocenters. The van der Waals surface area contributed by atoms with Gasteiger partial charge in [0, 0.05) is 35.0 Å². The van der Waals surface area contributed by atoms with E-state index in [1.807, 2.05) is 22.9 Å². The van der Waals surface area contributed by atoms with Crippen LogP contribution in [0.15, 0.2) is 18.2 Å². The van der Waals surface area contributed by atoms with Crippen LogP contribution in [0.4, 0.5) is 8.78 Å². The molecule has 0 aliphatic carbocycles. The van der Waals surface area contributed by atoms with Gasteiger partial charge in [0.15, 0.2) is 0 Å². The Morgan fingerprint density at radius 3 is 2.73 bits per heavy atom. The fourth-order valence-corrected chi connectivity index (χ4v) is 1.16. The van der Waals surface area contributed by atoms with E-state index in [0.717, 1.165) is 12.1 Å². The van der Waals surface area contributed by atoms with Crippen LogP contribution in [0.1, 0.15) is 5.56 Å². The first-order valence-electron chi connectivity index (χ1n) is 3.01. The van der Waals surface area contributed by atoms with Crippen LogP contribution < -0.4 is 3.53 Å². The van der Waals surface area contributed by atoms with Gasteiger partial charge in [-0.1, -0.05) is 0 Å². The van der Waals surface area contributed by atoms with Crippen LogP contribution in [0.25, 0.3) is 0 Å². The monoisotopic (exact) mass is 269 g/mol. The molecule has 1 nitrogen and oxygen atoms in total. The zero-order valence-corrected chi connectivity index (χ0v) is 7.73. The van der Waals surface area contributed by atoms with Crippen LogP contribution in [-0.2, 0) is 6.54 Å². The molecule has 11 heavy (non-hydrogen) atoms. The standard InChI is InChI=1S/C7H6F2IN/c8-6-1-2-7(9)5(3-6)4-11-10/h1-3,11H,4H2. The third-order valence-corrected chi connectivity index (χ3v) is 1.65. The number of rotatable bonds is 2. The van der Waals surface area contributed by atoms with Gasteiger partial charge in [-0.05, 0) is 18.2 Å². The minimum Gasteiger partial charge on any atom is -0.257 e. The van der Waals surface area contributed by atoms with Crippen molar-refractivity contribution in [3.63, 3.8) is 0 Å². The summed E-state index contributed by atoms with van der Waals surface area (Å²) in [5.74, 6) is -0.788. The third kappa shape index (κ3) is 2.37. The Balaban J connectivity index is 2.93. The Hall–Kier alpha value is -0.230. The van der Waals surface area contributed by atoms with Crippen LogP contribution in [0.3, 0.4) is 0 Å². The smallest absolute Gasteiger partial charge is 0.127 e. The summed E-state index contributed by atoms with van der Waals surface area (Å²) in [7, 11) is 0. The molecule has 1 rings (SSSR count). The molecule has 1 aromatic carbocycles. The topological polar surface area (TPSA) is 12.0 Å². The number of benzene rings is 1. The quantitative estimate of drug-likeness (QED) is 0.642. The summed E-state index contributed by atoms with van der Waals surface area (Å²) < 4.78 is 27.9. The highest BCUT2D eigenvalue weighted by molar-refractivity contribution is 14.1. The first-order valence-corrected chi connectivity index (χ1v) is 4.09. The molecule has 0 atom stereocenters. The molecule has 1 N–H and O–H groups in total. The van der Waals surface area contributed by atoms with Gasteiger partial charge in [-0.15, -0.1) is 0 Å². The van der Waals surface area contributed by atoms with Crippen LogP contribution in [-0.4, -0.2) is 0 Å². The SMILES string of the molecule is Fc1ccc(F)c(CNI)c1.